The summed E-state index contributed by atoms with van der Waals surface area (Å²) in [4.78, 5) is 21.0. The fourth-order valence-corrected chi connectivity index (χ4v) is 1.16. The summed E-state index contributed by atoms with van der Waals surface area (Å²) in [5.41, 5.74) is -0.421. The topological polar surface area (TPSA) is 55.8 Å². The van der Waals surface area contributed by atoms with E-state index in [4.69, 9.17) is 14.9 Å². The van der Waals surface area contributed by atoms with E-state index < -0.39 is 17.7 Å². The third-order valence-electron chi connectivity index (χ3n) is 1.89. The molecule has 1 N–H and O–H groups in total. The Morgan fingerprint density at radius 3 is 2.47 bits per heavy atom. The summed E-state index contributed by atoms with van der Waals surface area (Å²) in [6.07, 6.45) is 6.11. The quantitative estimate of drug-likeness (QED) is 0.404. The van der Waals surface area contributed by atoms with Gasteiger partial charge in [-0.15, -0.1) is 0 Å². The van der Waals surface area contributed by atoms with Gasteiger partial charge in [0, 0.05) is 0 Å². The smallest absolute Gasteiger partial charge is 0.306 e. The van der Waals surface area contributed by atoms with Crippen molar-refractivity contribution in [2.75, 3.05) is 0 Å². The summed E-state index contributed by atoms with van der Waals surface area (Å²) in [7, 11) is 0. The molecule has 0 aromatic carbocycles. The van der Waals surface area contributed by atoms with Crippen LogP contribution in [0.1, 0.15) is 53.4 Å². The van der Waals surface area contributed by atoms with Gasteiger partial charge in [-0.2, -0.15) is 0 Å². The zero-order valence-electron chi connectivity index (χ0n) is 11.2. The second-order valence-corrected chi connectivity index (χ2v) is 4.97. The SMILES string of the molecule is CC/C=C/CC[C@H](CC(=O)O)OOC(C)(C)C. The summed E-state index contributed by atoms with van der Waals surface area (Å²) in [5.74, 6) is -0.869. The molecule has 0 fully saturated rings. The van der Waals surface area contributed by atoms with E-state index in [1.165, 1.54) is 0 Å². The van der Waals surface area contributed by atoms with Crippen molar-refractivity contribution in [3.8, 4) is 0 Å². The second kappa shape index (κ2) is 8.25. The highest BCUT2D eigenvalue weighted by atomic mass is 17.2. The molecule has 0 amide bonds. The van der Waals surface area contributed by atoms with Gasteiger partial charge in [-0.25, -0.2) is 9.78 Å². The minimum Gasteiger partial charge on any atom is -0.481 e. The van der Waals surface area contributed by atoms with E-state index in [-0.39, 0.29) is 6.42 Å². The molecular weight excluding hydrogens is 220 g/mol. The van der Waals surface area contributed by atoms with Crippen molar-refractivity contribution in [3.63, 3.8) is 0 Å². The summed E-state index contributed by atoms with van der Waals surface area (Å²) in [5, 5.41) is 8.76. The first kappa shape index (κ1) is 16.1. The molecule has 17 heavy (non-hydrogen) atoms. The molecule has 4 nitrogen and oxygen atoms in total. The predicted molar refractivity (Wildman–Crippen MR) is 66.6 cm³/mol. The lowest BCUT2D eigenvalue weighted by Gasteiger charge is -2.22. The van der Waals surface area contributed by atoms with Crippen molar-refractivity contribution in [1.82, 2.24) is 0 Å². The van der Waals surface area contributed by atoms with Crippen molar-refractivity contribution in [2.24, 2.45) is 0 Å². The highest BCUT2D eigenvalue weighted by Crippen LogP contribution is 2.14. The molecule has 0 aromatic heterocycles. The third-order valence-corrected chi connectivity index (χ3v) is 1.89. The van der Waals surface area contributed by atoms with Crippen LogP contribution in [0.15, 0.2) is 12.2 Å². The van der Waals surface area contributed by atoms with Crippen LogP contribution < -0.4 is 0 Å². The first-order chi connectivity index (χ1) is 7.85. The van der Waals surface area contributed by atoms with Crippen LogP contribution in [0.4, 0.5) is 0 Å². The maximum Gasteiger partial charge on any atom is 0.306 e. The molecule has 0 spiro atoms. The van der Waals surface area contributed by atoms with Gasteiger partial charge >= 0.3 is 5.97 Å². The predicted octanol–water partition coefficient (Wildman–Crippen LogP) is 3.32. The fraction of sp³-hybridized carbons (Fsp3) is 0.769. The van der Waals surface area contributed by atoms with Crippen molar-refractivity contribution in [1.29, 1.82) is 0 Å². The number of carboxylic acids is 1. The van der Waals surface area contributed by atoms with Crippen LogP contribution >= 0.6 is 0 Å². The Morgan fingerprint density at radius 2 is 2.00 bits per heavy atom. The first-order valence-corrected chi connectivity index (χ1v) is 6.06. The number of aliphatic carboxylic acids is 1. The molecule has 0 aromatic rings. The zero-order chi connectivity index (χ0) is 13.3. The molecule has 0 saturated heterocycles. The Balaban J connectivity index is 4.05. The monoisotopic (exact) mass is 244 g/mol. The largest absolute Gasteiger partial charge is 0.481 e. The number of allylic oxidation sites excluding steroid dienone is 2. The number of rotatable bonds is 8. The van der Waals surface area contributed by atoms with E-state index in [0.29, 0.717) is 6.42 Å². The Bertz CT molecular complexity index is 240. The lowest BCUT2D eigenvalue weighted by Crippen LogP contribution is -2.25. The lowest BCUT2D eigenvalue weighted by molar-refractivity contribution is -0.373. The highest BCUT2D eigenvalue weighted by molar-refractivity contribution is 5.67. The molecule has 0 unspecified atom stereocenters. The Hall–Kier alpha value is -0.870. The van der Waals surface area contributed by atoms with E-state index in [0.717, 1.165) is 12.8 Å². The van der Waals surface area contributed by atoms with Gasteiger partial charge in [0.15, 0.2) is 0 Å². The summed E-state index contributed by atoms with van der Waals surface area (Å²) < 4.78 is 0. The van der Waals surface area contributed by atoms with Gasteiger partial charge in [-0.3, -0.25) is 4.79 Å². The van der Waals surface area contributed by atoms with Crippen LogP contribution in [0, 0.1) is 0 Å². The standard InChI is InChI=1S/C13H24O4/c1-5-6-7-8-9-11(10-12(14)15)16-17-13(2,3)4/h6-7,11H,5,8-10H2,1-4H3,(H,14,15)/b7-6+/t11-/m1/s1. The van der Waals surface area contributed by atoms with Crippen LogP contribution in [0.25, 0.3) is 0 Å². The van der Waals surface area contributed by atoms with Crippen molar-refractivity contribution in [2.45, 2.75) is 65.1 Å². The Kier molecular flexibility index (Phi) is 7.83. The molecule has 100 valence electrons. The average molecular weight is 244 g/mol. The van der Waals surface area contributed by atoms with Gasteiger partial charge in [0.2, 0.25) is 0 Å². The van der Waals surface area contributed by atoms with Crippen LogP contribution in [-0.4, -0.2) is 22.8 Å². The van der Waals surface area contributed by atoms with E-state index in [2.05, 4.69) is 13.0 Å². The van der Waals surface area contributed by atoms with E-state index in [1.54, 1.807) is 0 Å². The van der Waals surface area contributed by atoms with Gasteiger partial charge in [-0.05, 0) is 40.0 Å². The van der Waals surface area contributed by atoms with Crippen molar-refractivity contribution >= 4 is 5.97 Å². The molecule has 0 aliphatic carbocycles. The van der Waals surface area contributed by atoms with E-state index >= 15 is 0 Å². The minimum atomic E-state index is -0.869. The molecule has 0 rings (SSSR count). The molecule has 0 radical (unpaired) electrons. The number of carboxylic acid groups (broad SMARTS) is 1. The van der Waals surface area contributed by atoms with Crippen LogP contribution in [0.2, 0.25) is 0 Å². The molecule has 0 aliphatic heterocycles. The second-order valence-electron chi connectivity index (χ2n) is 4.97. The summed E-state index contributed by atoms with van der Waals surface area (Å²) in [6, 6.07) is 0. The van der Waals surface area contributed by atoms with Gasteiger partial charge in [0.25, 0.3) is 0 Å². The third kappa shape index (κ3) is 11.4. The normalized spacial score (nSPS) is 14.1. The van der Waals surface area contributed by atoms with Crippen molar-refractivity contribution in [3.05, 3.63) is 12.2 Å². The first-order valence-electron chi connectivity index (χ1n) is 6.06. The number of hydrogen-bond donors (Lipinski definition) is 1. The Labute approximate surface area is 104 Å². The average Bonchev–Trinajstić information content (AvgIpc) is 2.18. The lowest BCUT2D eigenvalue weighted by atomic mass is 10.1. The van der Waals surface area contributed by atoms with Gasteiger partial charge in [0.1, 0.15) is 6.10 Å². The molecule has 0 bridgehead atoms. The molecule has 4 heteroatoms. The van der Waals surface area contributed by atoms with Crippen molar-refractivity contribution < 1.29 is 19.7 Å². The summed E-state index contributed by atoms with van der Waals surface area (Å²) in [6.45, 7) is 7.65. The fourth-order valence-electron chi connectivity index (χ4n) is 1.16. The zero-order valence-corrected chi connectivity index (χ0v) is 11.2. The van der Waals surface area contributed by atoms with E-state index in [9.17, 15) is 4.79 Å². The highest BCUT2D eigenvalue weighted by Gasteiger charge is 2.19. The van der Waals surface area contributed by atoms with Crippen LogP contribution in [0.3, 0.4) is 0 Å². The molecule has 0 aliphatic rings. The number of carbonyl (C=O) groups is 1. The van der Waals surface area contributed by atoms with Gasteiger partial charge < -0.3 is 5.11 Å². The molecule has 0 saturated carbocycles. The maximum atomic E-state index is 10.7. The van der Waals surface area contributed by atoms with Crippen LogP contribution in [0.5, 0.6) is 0 Å². The number of hydrogen-bond acceptors (Lipinski definition) is 3. The van der Waals surface area contributed by atoms with E-state index in [1.807, 2.05) is 26.8 Å². The molecule has 1 atom stereocenters. The van der Waals surface area contributed by atoms with Crippen LogP contribution in [-0.2, 0) is 14.6 Å². The van der Waals surface area contributed by atoms with Gasteiger partial charge in [0.05, 0.1) is 12.0 Å². The maximum absolute atomic E-state index is 10.7. The minimum absolute atomic E-state index is 0.0317. The van der Waals surface area contributed by atoms with Gasteiger partial charge in [-0.1, -0.05) is 19.1 Å². The molecular formula is C13H24O4. The Morgan fingerprint density at radius 1 is 1.35 bits per heavy atom. The summed E-state index contributed by atoms with van der Waals surface area (Å²) >= 11 is 0. The molecule has 0 heterocycles.